The van der Waals surface area contributed by atoms with Gasteiger partial charge in [-0.3, -0.25) is 9.59 Å². The first-order valence-corrected chi connectivity index (χ1v) is 7.15. The van der Waals surface area contributed by atoms with Crippen molar-refractivity contribution in [2.24, 2.45) is 16.7 Å². The lowest BCUT2D eigenvalue weighted by atomic mass is 9.69. The Balaban J connectivity index is 2.34. The summed E-state index contributed by atoms with van der Waals surface area (Å²) in [7, 11) is 0. The molecule has 1 atom stereocenters. The summed E-state index contributed by atoms with van der Waals surface area (Å²) in [4.78, 5) is 23.0. The van der Waals surface area contributed by atoms with Gasteiger partial charge in [-0.2, -0.15) is 0 Å². The van der Waals surface area contributed by atoms with Crippen molar-refractivity contribution in [3.05, 3.63) is 0 Å². The monoisotopic (exact) mass is 269 g/mol. The molecule has 0 saturated heterocycles. The van der Waals surface area contributed by atoms with Gasteiger partial charge in [0.15, 0.2) is 0 Å². The second kappa shape index (κ2) is 5.93. The third-order valence-corrected chi connectivity index (χ3v) is 3.88. The minimum absolute atomic E-state index is 0.0238. The van der Waals surface area contributed by atoms with Gasteiger partial charge < -0.3 is 10.4 Å². The maximum absolute atomic E-state index is 11.8. The Hall–Kier alpha value is -1.06. The largest absolute Gasteiger partial charge is 0.481 e. The highest BCUT2D eigenvalue weighted by Crippen LogP contribution is 2.40. The first-order valence-electron chi connectivity index (χ1n) is 7.15. The average Bonchev–Trinajstić information content (AvgIpc) is 2.11. The number of amides is 1. The highest BCUT2D eigenvalue weighted by Gasteiger charge is 2.44. The van der Waals surface area contributed by atoms with E-state index in [1.54, 1.807) is 0 Å². The van der Waals surface area contributed by atoms with Gasteiger partial charge in [0.05, 0.1) is 5.41 Å². The fraction of sp³-hybridized carbons (Fsp3) is 0.867. The third-order valence-electron chi connectivity index (χ3n) is 3.88. The molecule has 1 aliphatic carbocycles. The molecular weight excluding hydrogens is 242 g/mol. The molecular formula is C15H27NO3. The molecule has 2 N–H and O–H groups in total. The van der Waals surface area contributed by atoms with E-state index < -0.39 is 11.4 Å². The van der Waals surface area contributed by atoms with Crippen LogP contribution in [0.3, 0.4) is 0 Å². The Kier molecular flexibility index (Phi) is 4.99. The maximum Gasteiger partial charge on any atom is 0.311 e. The van der Waals surface area contributed by atoms with E-state index >= 15 is 0 Å². The standard InChI is InChI=1S/C15H27NO3/c1-11(9-14(2,3)4)8-12(17)16-10-15(13(18)19)6-5-7-15/h11H,5-10H2,1-4H3,(H,16,17)(H,18,19). The van der Waals surface area contributed by atoms with Crippen molar-refractivity contribution < 1.29 is 14.7 Å². The van der Waals surface area contributed by atoms with Crippen molar-refractivity contribution in [2.75, 3.05) is 6.54 Å². The molecule has 0 radical (unpaired) electrons. The summed E-state index contributed by atoms with van der Waals surface area (Å²) in [6.07, 6.45) is 3.78. The van der Waals surface area contributed by atoms with Gasteiger partial charge in [-0.1, -0.05) is 34.1 Å². The van der Waals surface area contributed by atoms with E-state index in [-0.39, 0.29) is 17.9 Å². The number of carboxylic acids is 1. The predicted molar refractivity (Wildman–Crippen MR) is 74.8 cm³/mol. The Bertz CT molecular complexity index is 340. The van der Waals surface area contributed by atoms with Crippen LogP contribution in [0.2, 0.25) is 0 Å². The maximum atomic E-state index is 11.8. The highest BCUT2D eigenvalue weighted by molar-refractivity contribution is 5.79. The summed E-state index contributed by atoms with van der Waals surface area (Å²) >= 11 is 0. The van der Waals surface area contributed by atoms with Crippen LogP contribution in [-0.4, -0.2) is 23.5 Å². The van der Waals surface area contributed by atoms with Crippen molar-refractivity contribution in [3.63, 3.8) is 0 Å². The first-order chi connectivity index (χ1) is 8.65. The van der Waals surface area contributed by atoms with Gasteiger partial charge in [0.25, 0.3) is 0 Å². The summed E-state index contributed by atoms with van der Waals surface area (Å²) in [5.41, 5.74) is -0.473. The van der Waals surface area contributed by atoms with Crippen molar-refractivity contribution in [2.45, 2.75) is 59.8 Å². The molecule has 1 amide bonds. The zero-order valence-electron chi connectivity index (χ0n) is 12.6. The molecule has 0 aliphatic heterocycles. The molecule has 19 heavy (non-hydrogen) atoms. The molecule has 0 spiro atoms. The van der Waals surface area contributed by atoms with E-state index in [0.717, 1.165) is 12.8 Å². The Labute approximate surface area is 116 Å². The van der Waals surface area contributed by atoms with E-state index in [1.807, 2.05) is 0 Å². The van der Waals surface area contributed by atoms with Gasteiger partial charge in [-0.05, 0) is 30.6 Å². The van der Waals surface area contributed by atoms with Crippen molar-refractivity contribution in [3.8, 4) is 0 Å². The van der Waals surface area contributed by atoms with E-state index in [4.69, 9.17) is 0 Å². The first kappa shape index (κ1) is 16.0. The van der Waals surface area contributed by atoms with Crippen LogP contribution in [0.1, 0.15) is 59.8 Å². The molecule has 0 heterocycles. The predicted octanol–water partition coefficient (Wildman–Crippen LogP) is 2.82. The van der Waals surface area contributed by atoms with Crippen LogP contribution in [0.25, 0.3) is 0 Å². The number of carbonyl (C=O) groups is 2. The fourth-order valence-corrected chi connectivity index (χ4v) is 2.84. The Morgan fingerprint density at radius 3 is 2.26 bits per heavy atom. The number of rotatable bonds is 6. The Morgan fingerprint density at radius 1 is 1.32 bits per heavy atom. The SMILES string of the molecule is CC(CC(=O)NCC1(C(=O)O)CCC1)CC(C)(C)C. The van der Waals surface area contributed by atoms with Gasteiger partial charge in [-0.15, -0.1) is 0 Å². The van der Waals surface area contributed by atoms with Crippen LogP contribution in [0.5, 0.6) is 0 Å². The minimum Gasteiger partial charge on any atom is -0.481 e. The van der Waals surface area contributed by atoms with Gasteiger partial charge in [0.2, 0.25) is 5.91 Å². The second-order valence-electron chi connectivity index (χ2n) is 7.29. The van der Waals surface area contributed by atoms with Crippen molar-refractivity contribution in [1.82, 2.24) is 5.32 Å². The van der Waals surface area contributed by atoms with Gasteiger partial charge in [-0.25, -0.2) is 0 Å². The van der Waals surface area contributed by atoms with E-state index in [9.17, 15) is 14.7 Å². The van der Waals surface area contributed by atoms with Crippen LogP contribution in [0, 0.1) is 16.7 Å². The van der Waals surface area contributed by atoms with E-state index in [0.29, 0.717) is 25.2 Å². The van der Waals surface area contributed by atoms with E-state index in [2.05, 4.69) is 33.0 Å². The molecule has 0 aromatic rings. The van der Waals surface area contributed by atoms with Crippen LogP contribution >= 0.6 is 0 Å². The van der Waals surface area contributed by atoms with Gasteiger partial charge >= 0.3 is 5.97 Å². The van der Waals surface area contributed by atoms with Crippen LogP contribution in [0.4, 0.5) is 0 Å². The molecule has 1 aliphatic rings. The normalized spacial score (nSPS) is 19.4. The lowest BCUT2D eigenvalue weighted by molar-refractivity contribution is -0.154. The zero-order chi connectivity index (χ0) is 14.7. The second-order valence-corrected chi connectivity index (χ2v) is 7.29. The van der Waals surface area contributed by atoms with Gasteiger partial charge in [0.1, 0.15) is 0 Å². The molecule has 0 bridgehead atoms. The average molecular weight is 269 g/mol. The molecule has 1 saturated carbocycles. The number of hydrogen-bond acceptors (Lipinski definition) is 2. The molecule has 4 heteroatoms. The lowest BCUT2D eigenvalue weighted by Crippen LogP contribution is -2.47. The summed E-state index contributed by atoms with van der Waals surface area (Å²) in [5, 5.41) is 12.0. The molecule has 1 unspecified atom stereocenters. The van der Waals surface area contributed by atoms with Crippen LogP contribution in [0.15, 0.2) is 0 Å². The van der Waals surface area contributed by atoms with Gasteiger partial charge in [0, 0.05) is 13.0 Å². The minimum atomic E-state index is -0.776. The van der Waals surface area contributed by atoms with Crippen LogP contribution < -0.4 is 5.32 Å². The summed E-state index contributed by atoms with van der Waals surface area (Å²) < 4.78 is 0. The zero-order valence-corrected chi connectivity index (χ0v) is 12.6. The fourth-order valence-electron chi connectivity index (χ4n) is 2.84. The van der Waals surface area contributed by atoms with Crippen molar-refractivity contribution >= 4 is 11.9 Å². The summed E-state index contributed by atoms with van der Waals surface area (Å²) in [5.74, 6) is -0.478. The quantitative estimate of drug-likeness (QED) is 0.779. The molecule has 0 aromatic heterocycles. The number of carboxylic acid groups (broad SMARTS) is 1. The third kappa shape index (κ3) is 4.84. The smallest absolute Gasteiger partial charge is 0.311 e. The highest BCUT2D eigenvalue weighted by atomic mass is 16.4. The Morgan fingerprint density at radius 2 is 1.89 bits per heavy atom. The molecule has 0 aromatic carbocycles. The summed E-state index contributed by atoms with van der Waals surface area (Å²) in [6, 6.07) is 0. The molecule has 1 rings (SSSR count). The number of aliphatic carboxylic acids is 1. The topological polar surface area (TPSA) is 66.4 Å². The molecule has 1 fully saturated rings. The molecule has 110 valence electrons. The molecule has 4 nitrogen and oxygen atoms in total. The van der Waals surface area contributed by atoms with Crippen molar-refractivity contribution in [1.29, 1.82) is 0 Å². The van der Waals surface area contributed by atoms with E-state index in [1.165, 1.54) is 0 Å². The van der Waals surface area contributed by atoms with Crippen LogP contribution in [-0.2, 0) is 9.59 Å². The number of hydrogen-bond donors (Lipinski definition) is 2. The summed E-state index contributed by atoms with van der Waals surface area (Å²) in [6.45, 7) is 8.84. The lowest BCUT2D eigenvalue weighted by Gasteiger charge is -2.37. The number of carbonyl (C=O) groups excluding carboxylic acids is 1. The number of nitrogens with one attached hydrogen (secondary N) is 1.